The standard InChI is InChI=1S/C15H23N3O3/c1-11(12-5-4-8-17(2)10-12)16-14-9-13(18(19)20)6-7-15(14)21-3/h6-7,9,11-12,16H,4-5,8,10H2,1-3H3. The maximum absolute atomic E-state index is 10.9. The first-order valence-electron chi connectivity index (χ1n) is 7.28. The summed E-state index contributed by atoms with van der Waals surface area (Å²) >= 11 is 0. The van der Waals surface area contributed by atoms with E-state index in [9.17, 15) is 10.1 Å². The van der Waals surface area contributed by atoms with Crippen LogP contribution in [0.25, 0.3) is 0 Å². The fourth-order valence-electron chi connectivity index (χ4n) is 2.90. The van der Waals surface area contributed by atoms with E-state index < -0.39 is 0 Å². The van der Waals surface area contributed by atoms with Gasteiger partial charge in [-0.15, -0.1) is 0 Å². The number of piperidine rings is 1. The second-order valence-electron chi connectivity index (χ2n) is 5.74. The molecular formula is C15H23N3O3. The largest absolute Gasteiger partial charge is 0.495 e. The number of hydrogen-bond acceptors (Lipinski definition) is 5. The van der Waals surface area contributed by atoms with Crippen LogP contribution in [0.2, 0.25) is 0 Å². The van der Waals surface area contributed by atoms with Crippen molar-refractivity contribution < 1.29 is 9.66 Å². The molecule has 2 atom stereocenters. The summed E-state index contributed by atoms with van der Waals surface area (Å²) in [7, 11) is 3.71. The molecule has 0 aromatic heterocycles. The number of likely N-dealkylation sites (tertiary alicyclic amines) is 1. The minimum absolute atomic E-state index is 0.0752. The highest BCUT2D eigenvalue weighted by atomic mass is 16.6. The van der Waals surface area contributed by atoms with Gasteiger partial charge in [0.15, 0.2) is 0 Å². The van der Waals surface area contributed by atoms with Gasteiger partial charge in [-0.2, -0.15) is 0 Å². The molecule has 2 unspecified atom stereocenters. The van der Waals surface area contributed by atoms with Crippen LogP contribution in [0.4, 0.5) is 11.4 Å². The molecule has 0 radical (unpaired) electrons. The van der Waals surface area contributed by atoms with Crippen molar-refractivity contribution >= 4 is 11.4 Å². The number of nitrogens with one attached hydrogen (secondary N) is 1. The Balaban J connectivity index is 2.13. The normalized spacial score (nSPS) is 20.8. The number of ether oxygens (including phenoxy) is 1. The van der Waals surface area contributed by atoms with Crippen molar-refractivity contribution in [2.24, 2.45) is 5.92 Å². The molecule has 1 aromatic carbocycles. The van der Waals surface area contributed by atoms with E-state index in [-0.39, 0.29) is 16.7 Å². The summed E-state index contributed by atoms with van der Waals surface area (Å²) in [4.78, 5) is 12.9. The number of nitro groups is 1. The Kier molecular flexibility index (Phi) is 5.01. The number of nitrogens with zero attached hydrogens (tertiary/aromatic N) is 2. The molecule has 1 heterocycles. The molecule has 1 aliphatic heterocycles. The van der Waals surface area contributed by atoms with Crippen molar-refractivity contribution in [2.45, 2.75) is 25.8 Å². The lowest BCUT2D eigenvalue weighted by Crippen LogP contribution is -2.39. The van der Waals surface area contributed by atoms with E-state index >= 15 is 0 Å². The topological polar surface area (TPSA) is 67.6 Å². The average molecular weight is 293 g/mol. The summed E-state index contributed by atoms with van der Waals surface area (Å²) in [6, 6.07) is 4.88. The summed E-state index contributed by atoms with van der Waals surface area (Å²) in [6.07, 6.45) is 2.37. The highest BCUT2D eigenvalue weighted by Crippen LogP contribution is 2.31. The first-order valence-corrected chi connectivity index (χ1v) is 7.28. The van der Waals surface area contributed by atoms with Gasteiger partial charge in [0.25, 0.3) is 5.69 Å². The lowest BCUT2D eigenvalue weighted by molar-refractivity contribution is -0.384. The number of non-ortho nitro benzene ring substituents is 1. The zero-order valence-electron chi connectivity index (χ0n) is 12.8. The first kappa shape index (κ1) is 15.6. The minimum Gasteiger partial charge on any atom is -0.495 e. The number of hydrogen-bond donors (Lipinski definition) is 1. The monoisotopic (exact) mass is 293 g/mol. The molecule has 1 N–H and O–H groups in total. The highest BCUT2D eigenvalue weighted by molar-refractivity contribution is 5.62. The Morgan fingerprint density at radius 2 is 2.29 bits per heavy atom. The molecule has 0 spiro atoms. The van der Waals surface area contributed by atoms with Gasteiger partial charge >= 0.3 is 0 Å². The highest BCUT2D eigenvalue weighted by Gasteiger charge is 2.24. The second-order valence-corrected chi connectivity index (χ2v) is 5.74. The molecule has 2 rings (SSSR count). The van der Waals surface area contributed by atoms with Gasteiger partial charge in [-0.3, -0.25) is 10.1 Å². The minimum atomic E-state index is -0.385. The fourth-order valence-corrected chi connectivity index (χ4v) is 2.90. The van der Waals surface area contributed by atoms with Crippen molar-refractivity contribution in [3.05, 3.63) is 28.3 Å². The van der Waals surface area contributed by atoms with E-state index in [0.29, 0.717) is 17.4 Å². The summed E-state index contributed by atoms with van der Waals surface area (Å²) in [6.45, 7) is 4.32. The summed E-state index contributed by atoms with van der Waals surface area (Å²) in [5.41, 5.74) is 0.763. The van der Waals surface area contributed by atoms with Crippen LogP contribution in [0, 0.1) is 16.0 Å². The van der Waals surface area contributed by atoms with Gasteiger partial charge in [-0.25, -0.2) is 0 Å². The molecule has 0 bridgehead atoms. The molecule has 6 nitrogen and oxygen atoms in total. The zero-order chi connectivity index (χ0) is 15.4. The Labute approximate surface area is 125 Å². The predicted molar refractivity (Wildman–Crippen MR) is 83.0 cm³/mol. The number of rotatable bonds is 5. The molecule has 1 aliphatic rings. The number of methoxy groups -OCH3 is 1. The number of benzene rings is 1. The van der Waals surface area contributed by atoms with E-state index in [1.54, 1.807) is 19.2 Å². The van der Waals surface area contributed by atoms with Crippen LogP contribution in [0.5, 0.6) is 5.75 Å². The Morgan fingerprint density at radius 3 is 2.90 bits per heavy atom. The van der Waals surface area contributed by atoms with Crippen LogP contribution < -0.4 is 10.1 Å². The Hall–Kier alpha value is -1.82. The molecule has 0 amide bonds. The van der Waals surface area contributed by atoms with E-state index in [4.69, 9.17) is 4.74 Å². The van der Waals surface area contributed by atoms with Crippen LogP contribution >= 0.6 is 0 Å². The van der Waals surface area contributed by atoms with Crippen molar-refractivity contribution in [3.8, 4) is 5.75 Å². The van der Waals surface area contributed by atoms with Crippen LogP contribution in [0.3, 0.4) is 0 Å². The number of nitro benzene ring substituents is 1. The maximum atomic E-state index is 10.9. The predicted octanol–water partition coefficient (Wildman–Crippen LogP) is 2.75. The quantitative estimate of drug-likeness (QED) is 0.668. The van der Waals surface area contributed by atoms with Gasteiger partial charge < -0.3 is 15.0 Å². The van der Waals surface area contributed by atoms with Crippen molar-refractivity contribution in [3.63, 3.8) is 0 Å². The van der Waals surface area contributed by atoms with Crippen LogP contribution in [0.1, 0.15) is 19.8 Å². The van der Waals surface area contributed by atoms with Crippen molar-refractivity contribution in [2.75, 3.05) is 32.6 Å². The summed E-state index contributed by atoms with van der Waals surface area (Å²) in [5.74, 6) is 1.17. The van der Waals surface area contributed by atoms with Gasteiger partial charge in [0.1, 0.15) is 5.75 Å². The van der Waals surface area contributed by atoms with Gasteiger partial charge in [0.05, 0.1) is 17.7 Å². The van der Waals surface area contributed by atoms with Crippen LogP contribution in [-0.2, 0) is 0 Å². The third-order valence-corrected chi connectivity index (χ3v) is 4.15. The molecule has 1 saturated heterocycles. The van der Waals surface area contributed by atoms with E-state index in [0.717, 1.165) is 13.1 Å². The van der Waals surface area contributed by atoms with E-state index in [1.807, 2.05) is 0 Å². The smallest absolute Gasteiger partial charge is 0.271 e. The van der Waals surface area contributed by atoms with Crippen molar-refractivity contribution in [1.29, 1.82) is 0 Å². The molecule has 6 heteroatoms. The third kappa shape index (κ3) is 3.85. The van der Waals surface area contributed by atoms with E-state index in [1.165, 1.54) is 18.9 Å². The summed E-state index contributed by atoms with van der Waals surface area (Å²) < 4.78 is 5.29. The molecule has 21 heavy (non-hydrogen) atoms. The first-order chi connectivity index (χ1) is 10.0. The van der Waals surface area contributed by atoms with Gasteiger partial charge in [0.2, 0.25) is 0 Å². The Morgan fingerprint density at radius 1 is 1.52 bits per heavy atom. The zero-order valence-corrected chi connectivity index (χ0v) is 12.8. The van der Waals surface area contributed by atoms with Crippen LogP contribution in [-0.4, -0.2) is 43.1 Å². The second kappa shape index (κ2) is 6.76. The Bertz CT molecular complexity index is 507. The van der Waals surface area contributed by atoms with E-state index in [2.05, 4.69) is 24.2 Å². The summed E-state index contributed by atoms with van der Waals surface area (Å²) in [5, 5.41) is 14.3. The maximum Gasteiger partial charge on any atom is 0.271 e. The lowest BCUT2D eigenvalue weighted by atomic mass is 9.91. The van der Waals surface area contributed by atoms with Gasteiger partial charge in [-0.05, 0) is 45.3 Å². The van der Waals surface area contributed by atoms with Crippen molar-refractivity contribution in [1.82, 2.24) is 4.90 Å². The average Bonchev–Trinajstić information content (AvgIpc) is 2.47. The van der Waals surface area contributed by atoms with Gasteiger partial charge in [0, 0.05) is 24.7 Å². The molecule has 1 aromatic rings. The number of anilines is 1. The molecule has 0 aliphatic carbocycles. The third-order valence-electron chi connectivity index (χ3n) is 4.15. The fraction of sp³-hybridized carbons (Fsp3) is 0.600. The molecule has 0 saturated carbocycles. The van der Waals surface area contributed by atoms with Crippen LogP contribution in [0.15, 0.2) is 18.2 Å². The molecule has 116 valence electrons. The van der Waals surface area contributed by atoms with Gasteiger partial charge in [-0.1, -0.05) is 0 Å². The lowest BCUT2D eigenvalue weighted by Gasteiger charge is -2.34. The molecule has 1 fully saturated rings. The molecular weight excluding hydrogens is 270 g/mol. The SMILES string of the molecule is COc1ccc([N+](=O)[O-])cc1NC(C)C1CCCN(C)C1.